The van der Waals surface area contributed by atoms with Gasteiger partial charge in [-0.15, -0.1) is 0 Å². The molecule has 2 N–H and O–H groups in total. The lowest BCUT2D eigenvalue weighted by molar-refractivity contribution is 0.219. The molecule has 4 aromatic rings. The molecule has 9 heteroatoms. The second kappa shape index (κ2) is 7.70. The maximum Gasteiger partial charge on any atom is 0.324 e. The minimum absolute atomic E-state index is 0.178. The molecular weight excluding hydrogens is 455 g/mol. The Morgan fingerprint density at radius 3 is 2.68 bits per heavy atom. The summed E-state index contributed by atoms with van der Waals surface area (Å²) in [4.78, 5) is 24.8. The van der Waals surface area contributed by atoms with Crippen LogP contribution in [-0.2, 0) is 0 Å². The quantitative estimate of drug-likeness (QED) is 0.426. The highest BCUT2D eigenvalue weighted by Crippen LogP contribution is 2.43. The highest BCUT2D eigenvalue weighted by molar-refractivity contribution is 6.30. The van der Waals surface area contributed by atoms with Gasteiger partial charge in [0.15, 0.2) is 0 Å². The molecular formula is C25H22ClFN6O. The molecule has 34 heavy (non-hydrogen) atoms. The fourth-order valence-electron chi connectivity index (χ4n) is 4.79. The first kappa shape index (κ1) is 20.9. The number of halogens is 2. The fourth-order valence-corrected chi connectivity index (χ4v) is 4.99. The molecule has 0 bridgehead atoms. The van der Waals surface area contributed by atoms with Crippen molar-refractivity contribution in [2.45, 2.75) is 24.9 Å². The van der Waals surface area contributed by atoms with E-state index in [9.17, 15) is 4.79 Å². The van der Waals surface area contributed by atoms with E-state index in [1.807, 2.05) is 24.4 Å². The van der Waals surface area contributed by atoms with Crippen molar-refractivity contribution in [3.8, 4) is 11.1 Å². The summed E-state index contributed by atoms with van der Waals surface area (Å²) < 4.78 is 17.6. The third-order valence-electron chi connectivity index (χ3n) is 6.72. The van der Waals surface area contributed by atoms with Gasteiger partial charge >= 0.3 is 6.03 Å². The van der Waals surface area contributed by atoms with Gasteiger partial charge in [-0.1, -0.05) is 23.7 Å². The monoisotopic (exact) mass is 476 g/mol. The van der Waals surface area contributed by atoms with E-state index >= 15 is 4.39 Å². The van der Waals surface area contributed by atoms with Crippen LogP contribution in [0.3, 0.4) is 0 Å². The normalized spacial score (nSPS) is 18.3. The van der Waals surface area contributed by atoms with Gasteiger partial charge in [-0.05, 0) is 48.7 Å². The standard InChI is InChI=1S/C25H22ClFN6O/c1-31-21(14-3-2-4-15(26)9-14)12-33(25(31)34)17-7-8-18(20(27)10-17)19-11-32(16-5-6-16)24-22(19)23(28)29-13-30-24/h2-4,7-11,13,16,21H,5-6,12H2,1H3,(H2,28,29,30). The van der Waals surface area contributed by atoms with Gasteiger partial charge in [0, 0.05) is 41.1 Å². The first-order chi connectivity index (χ1) is 16.4. The number of nitrogen functional groups attached to an aromatic ring is 1. The van der Waals surface area contributed by atoms with Gasteiger partial charge in [0.2, 0.25) is 0 Å². The van der Waals surface area contributed by atoms with Crippen LogP contribution in [0.5, 0.6) is 0 Å². The Hall–Kier alpha value is -3.65. The minimum atomic E-state index is -0.433. The zero-order valence-electron chi connectivity index (χ0n) is 18.4. The van der Waals surface area contributed by atoms with E-state index in [4.69, 9.17) is 17.3 Å². The van der Waals surface area contributed by atoms with Gasteiger partial charge in [-0.2, -0.15) is 0 Å². The third-order valence-corrected chi connectivity index (χ3v) is 6.96. The lowest BCUT2D eigenvalue weighted by Crippen LogP contribution is -2.29. The van der Waals surface area contributed by atoms with Gasteiger partial charge in [-0.3, -0.25) is 4.90 Å². The van der Waals surface area contributed by atoms with Crippen LogP contribution in [0.2, 0.25) is 5.02 Å². The first-order valence-electron chi connectivity index (χ1n) is 11.1. The number of nitrogens with zero attached hydrogens (tertiary/aromatic N) is 5. The molecule has 7 nitrogen and oxygen atoms in total. The van der Waals surface area contributed by atoms with Crippen LogP contribution in [-0.4, -0.2) is 39.1 Å². The Balaban J connectivity index is 1.37. The zero-order valence-corrected chi connectivity index (χ0v) is 19.2. The van der Waals surface area contributed by atoms with Crippen LogP contribution in [0.4, 0.5) is 20.7 Å². The Morgan fingerprint density at radius 1 is 1.12 bits per heavy atom. The van der Waals surface area contributed by atoms with Crippen LogP contribution >= 0.6 is 11.6 Å². The number of carbonyl (C=O) groups excluding carboxylic acids is 1. The molecule has 0 radical (unpaired) electrons. The number of rotatable bonds is 4. The van der Waals surface area contributed by atoms with Crippen LogP contribution in [0.15, 0.2) is 55.0 Å². The number of amides is 2. The van der Waals surface area contributed by atoms with Crippen molar-refractivity contribution in [3.63, 3.8) is 0 Å². The van der Waals surface area contributed by atoms with Gasteiger partial charge in [0.1, 0.15) is 23.6 Å². The van der Waals surface area contributed by atoms with Crippen molar-refractivity contribution in [2.75, 3.05) is 24.2 Å². The zero-order chi connectivity index (χ0) is 23.6. The molecule has 0 spiro atoms. The lowest BCUT2D eigenvalue weighted by atomic mass is 10.0. The van der Waals surface area contributed by atoms with Gasteiger partial charge < -0.3 is 15.2 Å². The highest BCUT2D eigenvalue weighted by atomic mass is 35.5. The molecule has 1 atom stereocenters. The molecule has 2 aromatic carbocycles. The van der Waals surface area contributed by atoms with Crippen LogP contribution in [0, 0.1) is 5.82 Å². The maximum absolute atomic E-state index is 15.5. The summed E-state index contributed by atoms with van der Waals surface area (Å²) in [5, 5.41) is 1.26. The van der Waals surface area contributed by atoms with Gasteiger partial charge in [0.25, 0.3) is 0 Å². The number of carbonyl (C=O) groups is 1. The predicted molar refractivity (Wildman–Crippen MR) is 130 cm³/mol. The number of aromatic nitrogens is 3. The molecule has 1 saturated carbocycles. The van der Waals surface area contributed by atoms with Crippen LogP contribution < -0.4 is 10.6 Å². The third kappa shape index (κ3) is 3.28. The molecule has 2 aromatic heterocycles. The molecule has 172 valence electrons. The smallest absolute Gasteiger partial charge is 0.324 e. The molecule has 2 aliphatic rings. The fraction of sp³-hybridized carbons (Fsp3) is 0.240. The molecule has 1 saturated heterocycles. The second-order valence-corrected chi connectivity index (χ2v) is 9.31. The second-order valence-electron chi connectivity index (χ2n) is 8.88. The van der Waals surface area contributed by atoms with E-state index in [1.54, 1.807) is 35.0 Å². The Labute approximate surface area is 200 Å². The average molecular weight is 477 g/mol. The highest BCUT2D eigenvalue weighted by Gasteiger charge is 2.37. The summed E-state index contributed by atoms with van der Waals surface area (Å²) in [5.41, 5.74) is 9.38. The van der Waals surface area contributed by atoms with Crippen LogP contribution in [0.25, 0.3) is 22.2 Å². The van der Waals surface area contributed by atoms with E-state index in [0.29, 0.717) is 51.3 Å². The number of likely N-dealkylation sites (N-methyl/N-ethyl adjacent to an activating group) is 1. The maximum atomic E-state index is 15.5. The van der Waals surface area contributed by atoms with Crippen molar-refractivity contribution in [1.29, 1.82) is 0 Å². The van der Waals surface area contributed by atoms with E-state index < -0.39 is 5.82 Å². The SMILES string of the molecule is CN1C(=O)N(c2ccc(-c3cn(C4CC4)c4ncnc(N)c34)c(F)c2)CC1c1cccc(Cl)c1. The number of benzene rings is 2. The number of anilines is 2. The first-order valence-corrected chi connectivity index (χ1v) is 11.5. The van der Waals surface area contributed by atoms with Crippen molar-refractivity contribution in [2.24, 2.45) is 0 Å². The molecule has 3 heterocycles. The largest absolute Gasteiger partial charge is 0.383 e. The Bertz CT molecular complexity index is 1450. The summed E-state index contributed by atoms with van der Waals surface area (Å²) in [6.45, 7) is 0.399. The molecule has 6 rings (SSSR count). The summed E-state index contributed by atoms with van der Waals surface area (Å²) in [5.74, 6) is -0.110. The van der Waals surface area contributed by atoms with Crippen LogP contribution in [0.1, 0.15) is 30.5 Å². The lowest BCUT2D eigenvalue weighted by Gasteiger charge is -2.18. The molecule has 1 unspecified atom stereocenters. The van der Waals surface area contributed by atoms with E-state index in [2.05, 4.69) is 14.5 Å². The van der Waals surface area contributed by atoms with Crippen molar-refractivity contribution in [1.82, 2.24) is 19.4 Å². The predicted octanol–water partition coefficient (Wildman–Crippen LogP) is 5.42. The Morgan fingerprint density at radius 2 is 1.94 bits per heavy atom. The molecule has 1 aliphatic carbocycles. The summed E-state index contributed by atoms with van der Waals surface area (Å²) in [6.07, 6.45) is 5.47. The Kier molecular flexibility index (Phi) is 4.74. The molecule has 2 amide bonds. The molecule has 2 fully saturated rings. The number of hydrogen-bond acceptors (Lipinski definition) is 4. The number of fused-ring (bicyclic) bond motifs is 1. The van der Waals surface area contributed by atoms with E-state index in [1.165, 1.54) is 12.4 Å². The van der Waals surface area contributed by atoms with Crippen molar-refractivity contribution >= 4 is 40.2 Å². The van der Waals surface area contributed by atoms with Gasteiger partial charge in [-0.25, -0.2) is 19.2 Å². The minimum Gasteiger partial charge on any atom is -0.383 e. The topological polar surface area (TPSA) is 80.3 Å². The van der Waals surface area contributed by atoms with Crippen molar-refractivity contribution in [3.05, 3.63) is 71.4 Å². The summed E-state index contributed by atoms with van der Waals surface area (Å²) in [7, 11) is 1.74. The van der Waals surface area contributed by atoms with Gasteiger partial charge in [0.05, 0.1) is 18.0 Å². The van der Waals surface area contributed by atoms with E-state index in [-0.39, 0.29) is 12.1 Å². The average Bonchev–Trinajstić information content (AvgIpc) is 3.52. The number of hydrogen-bond donors (Lipinski definition) is 1. The number of urea groups is 1. The molecule has 1 aliphatic heterocycles. The summed E-state index contributed by atoms with van der Waals surface area (Å²) >= 11 is 6.15. The summed E-state index contributed by atoms with van der Waals surface area (Å²) in [6, 6.07) is 12.3. The number of nitrogens with two attached hydrogens (primary N) is 1. The van der Waals surface area contributed by atoms with E-state index in [0.717, 1.165) is 18.4 Å². The van der Waals surface area contributed by atoms with Crippen molar-refractivity contribution < 1.29 is 9.18 Å².